The van der Waals surface area contributed by atoms with Gasteiger partial charge in [0.1, 0.15) is 11.6 Å². The highest BCUT2D eigenvalue weighted by atomic mass is 16.6. The summed E-state index contributed by atoms with van der Waals surface area (Å²) in [6.45, 7) is 4.47. The van der Waals surface area contributed by atoms with Crippen LogP contribution in [0.3, 0.4) is 0 Å². The Kier molecular flexibility index (Phi) is 4.11. The molecule has 1 aromatic rings. The summed E-state index contributed by atoms with van der Waals surface area (Å²) in [4.78, 5) is 14.9. The third kappa shape index (κ3) is 3.18. The van der Waals surface area contributed by atoms with Gasteiger partial charge in [0.15, 0.2) is 0 Å². The molecule has 0 amide bonds. The van der Waals surface area contributed by atoms with E-state index in [1.807, 2.05) is 0 Å². The molecule has 6 nitrogen and oxygen atoms in total. The Morgan fingerprint density at radius 1 is 1.35 bits per heavy atom. The second-order valence-electron chi connectivity index (χ2n) is 6.03. The zero-order valence-corrected chi connectivity index (χ0v) is 12.3. The fourth-order valence-electron chi connectivity index (χ4n) is 2.76. The minimum absolute atomic E-state index is 0.0560. The largest absolute Gasteiger partial charge is 0.373 e. The maximum atomic E-state index is 11.0. The van der Waals surface area contributed by atoms with Crippen LogP contribution >= 0.6 is 0 Å². The molecular weight excluding hydrogens is 256 g/mol. The van der Waals surface area contributed by atoms with E-state index < -0.39 is 0 Å². The standard InChI is InChI=1S/C14H22N4O2/c1-14(2)7-5-4-6-11(14)16-13-9-10(18(19)20)8-12(15-3)17-13/h8-9,11H,4-7H2,1-3H3,(H2,15,16,17). The quantitative estimate of drug-likeness (QED) is 0.651. The minimum Gasteiger partial charge on any atom is -0.373 e. The average molecular weight is 278 g/mol. The number of rotatable bonds is 4. The molecule has 0 spiro atoms. The highest BCUT2D eigenvalue weighted by molar-refractivity contribution is 5.54. The Balaban J connectivity index is 2.23. The molecule has 2 rings (SSSR count). The van der Waals surface area contributed by atoms with Crippen molar-refractivity contribution in [2.24, 2.45) is 5.41 Å². The molecule has 20 heavy (non-hydrogen) atoms. The highest BCUT2D eigenvalue weighted by Crippen LogP contribution is 2.37. The van der Waals surface area contributed by atoms with Crippen LogP contribution < -0.4 is 10.6 Å². The average Bonchev–Trinajstić information content (AvgIpc) is 2.40. The predicted molar refractivity (Wildman–Crippen MR) is 80.1 cm³/mol. The van der Waals surface area contributed by atoms with Crippen LogP contribution in [0.4, 0.5) is 17.3 Å². The van der Waals surface area contributed by atoms with Gasteiger partial charge in [-0.05, 0) is 18.3 Å². The molecule has 0 saturated heterocycles. The van der Waals surface area contributed by atoms with E-state index in [1.165, 1.54) is 31.4 Å². The van der Waals surface area contributed by atoms with E-state index in [-0.39, 0.29) is 16.0 Å². The van der Waals surface area contributed by atoms with Crippen LogP contribution in [0.5, 0.6) is 0 Å². The Morgan fingerprint density at radius 3 is 2.65 bits per heavy atom. The first-order valence-corrected chi connectivity index (χ1v) is 7.03. The van der Waals surface area contributed by atoms with Gasteiger partial charge in [0.25, 0.3) is 5.69 Å². The van der Waals surface area contributed by atoms with Crippen LogP contribution in [0.2, 0.25) is 0 Å². The lowest BCUT2D eigenvalue weighted by Crippen LogP contribution is -2.39. The number of nitro groups is 1. The van der Waals surface area contributed by atoms with Gasteiger partial charge in [-0.3, -0.25) is 10.1 Å². The molecule has 6 heteroatoms. The van der Waals surface area contributed by atoms with Crippen molar-refractivity contribution in [3.63, 3.8) is 0 Å². The van der Waals surface area contributed by atoms with Gasteiger partial charge in [-0.2, -0.15) is 0 Å². The Morgan fingerprint density at radius 2 is 2.05 bits per heavy atom. The SMILES string of the molecule is CNc1cc([N+](=O)[O-])cc(NC2CCCCC2(C)C)n1. The summed E-state index contributed by atoms with van der Waals surface area (Å²) in [6.07, 6.45) is 4.68. The topological polar surface area (TPSA) is 80.1 Å². The Hall–Kier alpha value is -1.85. The van der Waals surface area contributed by atoms with Crippen molar-refractivity contribution in [3.8, 4) is 0 Å². The normalized spacial score (nSPS) is 21.2. The summed E-state index contributed by atoms with van der Waals surface area (Å²) >= 11 is 0. The van der Waals surface area contributed by atoms with Crippen molar-refractivity contribution < 1.29 is 4.92 Å². The smallest absolute Gasteiger partial charge is 0.276 e. The Bertz CT molecular complexity index is 502. The molecule has 1 unspecified atom stereocenters. The molecule has 1 saturated carbocycles. The molecule has 0 bridgehead atoms. The number of hydrogen-bond donors (Lipinski definition) is 2. The molecule has 1 atom stereocenters. The van der Waals surface area contributed by atoms with Crippen molar-refractivity contribution in [1.82, 2.24) is 4.98 Å². The summed E-state index contributed by atoms with van der Waals surface area (Å²) < 4.78 is 0. The number of aromatic nitrogens is 1. The van der Waals surface area contributed by atoms with Gasteiger partial charge in [0.2, 0.25) is 0 Å². The van der Waals surface area contributed by atoms with Gasteiger partial charge in [-0.25, -0.2) is 4.98 Å². The van der Waals surface area contributed by atoms with Gasteiger partial charge in [0, 0.05) is 13.1 Å². The molecule has 0 radical (unpaired) electrons. The van der Waals surface area contributed by atoms with E-state index in [0.29, 0.717) is 17.7 Å². The van der Waals surface area contributed by atoms with E-state index in [9.17, 15) is 10.1 Å². The van der Waals surface area contributed by atoms with Gasteiger partial charge in [-0.1, -0.05) is 26.7 Å². The number of hydrogen-bond acceptors (Lipinski definition) is 5. The zero-order chi connectivity index (χ0) is 14.8. The molecular formula is C14H22N4O2. The lowest BCUT2D eigenvalue weighted by Gasteiger charge is -2.39. The summed E-state index contributed by atoms with van der Waals surface area (Å²) in [5.41, 5.74) is 0.241. The van der Waals surface area contributed by atoms with Crippen molar-refractivity contribution in [3.05, 3.63) is 22.2 Å². The molecule has 1 heterocycles. The Labute approximate surface area is 119 Å². The summed E-state index contributed by atoms with van der Waals surface area (Å²) in [5.74, 6) is 1.08. The number of nitrogens with one attached hydrogen (secondary N) is 2. The second-order valence-corrected chi connectivity index (χ2v) is 6.03. The monoisotopic (exact) mass is 278 g/mol. The van der Waals surface area contributed by atoms with Crippen LogP contribution in [0, 0.1) is 15.5 Å². The first-order chi connectivity index (χ1) is 9.42. The van der Waals surface area contributed by atoms with Gasteiger partial charge in [0.05, 0.1) is 17.1 Å². The molecule has 0 aromatic carbocycles. The van der Waals surface area contributed by atoms with E-state index in [1.54, 1.807) is 7.05 Å². The minimum atomic E-state index is -0.389. The lowest BCUT2D eigenvalue weighted by molar-refractivity contribution is -0.384. The third-order valence-corrected chi connectivity index (χ3v) is 4.11. The van der Waals surface area contributed by atoms with Gasteiger partial charge in [-0.15, -0.1) is 0 Å². The molecule has 1 aliphatic rings. The van der Waals surface area contributed by atoms with Gasteiger partial charge >= 0.3 is 0 Å². The number of nitrogens with zero attached hydrogens (tertiary/aromatic N) is 2. The van der Waals surface area contributed by atoms with Gasteiger partial charge < -0.3 is 10.6 Å². The molecule has 1 fully saturated rings. The first kappa shape index (κ1) is 14.6. The highest BCUT2D eigenvalue weighted by Gasteiger charge is 2.32. The van der Waals surface area contributed by atoms with Crippen molar-refractivity contribution in [2.75, 3.05) is 17.7 Å². The fourth-order valence-corrected chi connectivity index (χ4v) is 2.76. The fraction of sp³-hybridized carbons (Fsp3) is 0.643. The van der Waals surface area contributed by atoms with E-state index in [2.05, 4.69) is 29.5 Å². The molecule has 110 valence electrons. The summed E-state index contributed by atoms with van der Waals surface area (Å²) in [5, 5.41) is 17.2. The van der Waals surface area contributed by atoms with E-state index in [0.717, 1.165) is 6.42 Å². The van der Waals surface area contributed by atoms with Crippen molar-refractivity contribution >= 4 is 17.3 Å². The maximum absolute atomic E-state index is 11.0. The number of anilines is 2. The van der Waals surface area contributed by atoms with Crippen LogP contribution in [-0.4, -0.2) is 23.0 Å². The van der Waals surface area contributed by atoms with E-state index in [4.69, 9.17) is 0 Å². The molecule has 0 aliphatic heterocycles. The third-order valence-electron chi connectivity index (χ3n) is 4.11. The molecule has 2 N–H and O–H groups in total. The van der Waals surface area contributed by atoms with Crippen molar-refractivity contribution in [1.29, 1.82) is 0 Å². The molecule has 1 aliphatic carbocycles. The predicted octanol–water partition coefficient (Wildman–Crippen LogP) is 3.41. The summed E-state index contributed by atoms with van der Waals surface area (Å²) in [7, 11) is 1.71. The van der Waals surface area contributed by atoms with Crippen molar-refractivity contribution in [2.45, 2.75) is 45.6 Å². The van der Waals surface area contributed by atoms with Crippen LogP contribution in [0.1, 0.15) is 39.5 Å². The van der Waals surface area contributed by atoms with Crippen LogP contribution in [0.15, 0.2) is 12.1 Å². The lowest BCUT2D eigenvalue weighted by atomic mass is 9.73. The second kappa shape index (κ2) is 5.64. The summed E-state index contributed by atoms with van der Waals surface area (Å²) in [6, 6.07) is 3.25. The molecule has 1 aromatic heterocycles. The zero-order valence-electron chi connectivity index (χ0n) is 12.3. The maximum Gasteiger partial charge on any atom is 0.276 e. The van der Waals surface area contributed by atoms with Crippen LogP contribution in [0.25, 0.3) is 0 Å². The van der Waals surface area contributed by atoms with E-state index >= 15 is 0 Å². The first-order valence-electron chi connectivity index (χ1n) is 7.03. The number of pyridine rings is 1. The van der Waals surface area contributed by atoms with Crippen LogP contribution in [-0.2, 0) is 0 Å².